The fraction of sp³-hybridized carbons (Fsp3) is 0.250. The minimum Gasteiger partial charge on any atom is -0.258 e. The molecule has 6 nitrogen and oxygen atoms in total. The van der Waals surface area contributed by atoms with Gasteiger partial charge in [-0.2, -0.15) is 0 Å². The van der Waals surface area contributed by atoms with Crippen molar-refractivity contribution in [2.24, 2.45) is 0 Å². The molecule has 0 aliphatic heterocycles. The summed E-state index contributed by atoms with van der Waals surface area (Å²) in [7, 11) is 0. The molecule has 8 heteroatoms. The predicted molar refractivity (Wildman–Crippen MR) is 112 cm³/mol. The molecule has 2 aromatic carbocycles. The minimum atomic E-state index is -0.737. The van der Waals surface area contributed by atoms with E-state index in [9.17, 15) is 14.4 Å². The van der Waals surface area contributed by atoms with Crippen molar-refractivity contribution in [2.45, 2.75) is 43.5 Å². The van der Waals surface area contributed by atoms with Gasteiger partial charge in [-0.15, -0.1) is 0 Å². The highest BCUT2D eigenvalue weighted by molar-refractivity contribution is 7.99. The molecule has 3 aromatic rings. The summed E-state index contributed by atoms with van der Waals surface area (Å²) in [6.07, 6.45) is 0.607. The van der Waals surface area contributed by atoms with Crippen LogP contribution in [0.15, 0.2) is 60.6 Å². The molecule has 3 rings (SSSR count). The molecule has 0 bridgehead atoms. The number of H-pyrrole nitrogens is 1. The number of halogens is 1. The first-order chi connectivity index (χ1) is 13.3. The minimum absolute atomic E-state index is 0.247. The normalized spacial score (nSPS) is 11.0. The van der Waals surface area contributed by atoms with Crippen LogP contribution in [0.3, 0.4) is 0 Å². The van der Waals surface area contributed by atoms with Crippen LogP contribution in [0.4, 0.5) is 0 Å². The lowest BCUT2D eigenvalue weighted by molar-refractivity contribution is 0.563. The van der Waals surface area contributed by atoms with Crippen LogP contribution in [0.25, 0.3) is 5.69 Å². The third kappa shape index (κ3) is 4.00. The van der Waals surface area contributed by atoms with Crippen molar-refractivity contribution in [2.75, 3.05) is 0 Å². The van der Waals surface area contributed by atoms with Crippen LogP contribution in [0.5, 0.6) is 0 Å². The van der Waals surface area contributed by atoms with Gasteiger partial charge in [0.1, 0.15) is 0 Å². The Hall–Kier alpha value is -2.51. The van der Waals surface area contributed by atoms with Crippen molar-refractivity contribution < 1.29 is 0 Å². The third-order valence-corrected chi connectivity index (χ3v) is 5.88. The van der Waals surface area contributed by atoms with E-state index in [0.29, 0.717) is 17.1 Å². The summed E-state index contributed by atoms with van der Waals surface area (Å²) in [5.41, 5.74) is 0.235. The molecule has 0 saturated carbocycles. The number of aromatic nitrogens is 3. The van der Waals surface area contributed by atoms with Crippen LogP contribution in [0, 0.1) is 13.8 Å². The highest BCUT2D eigenvalue weighted by Crippen LogP contribution is 2.34. The van der Waals surface area contributed by atoms with Gasteiger partial charge >= 0.3 is 17.1 Å². The van der Waals surface area contributed by atoms with Crippen LogP contribution in [-0.4, -0.2) is 14.1 Å². The largest absolute Gasteiger partial charge is 0.340 e. The lowest BCUT2D eigenvalue weighted by Gasteiger charge is -2.14. The van der Waals surface area contributed by atoms with Gasteiger partial charge in [-0.25, -0.2) is 23.5 Å². The van der Waals surface area contributed by atoms with Crippen molar-refractivity contribution in [3.63, 3.8) is 0 Å². The second-order valence-corrected chi connectivity index (χ2v) is 7.99. The Morgan fingerprint density at radius 2 is 1.61 bits per heavy atom. The van der Waals surface area contributed by atoms with E-state index in [1.54, 1.807) is 23.9 Å². The molecule has 0 amide bonds. The van der Waals surface area contributed by atoms with Gasteiger partial charge in [0.25, 0.3) is 0 Å². The van der Waals surface area contributed by atoms with E-state index in [2.05, 4.69) is 4.98 Å². The summed E-state index contributed by atoms with van der Waals surface area (Å²) in [4.78, 5) is 41.3. The van der Waals surface area contributed by atoms with Crippen LogP contribution in [0.2, 0.25) is 5.02 Å². The quantitative estimate of drug-likeness (QED) is 0.689. The average molecular weight is 418 g/mol. The van der Waals surface area contributed by atoms with Gasteiger partial charge in [0.05, 0.1) is 5.69 Å². The number of aryl methyl sites for hydroxylation is 2. The molecule has 1 aromatic heterocycles. The summed E-state index contributed by atoms with van der Waals surface area (Å²) in [6.45, 7) is 5.96. The first kappa shape index (κ1) is 20.2. The van der Waals surface area contributed by atoms with Crippen LogP contribution in [0.1, 0.15) is 24.5 Å². The van der Waals surface area contributed by atoms with E-state index in [1.165, 1.54) is 0 Å². The number of aromatic amines is 1. The van der Waals surface area contributed by atoms with Gasteiger partial charge in [0, 0.05) is 21.4 Å². The maximum atomic E-state index is 12.7. The van der Waals surface area contributed by atoms with E-state index >= 15 is 0 Å². The molecule has 28 heavy (non-hydrogen) atoms. The van der Waals surface area contributed by atoms with E-state index in [1.807, 2.05) is 45.0 Å². The molecule has 0 fully saturated rings. The van der Waals surface area contributed by atoms with Crippen molar-refractivity contribution in [3.8, 4) is 5.69 Å². The summed E-state index contributed by atoms with van der Waals surface area (Å²) < 4.78 is 2.05. The summed E-state index contributed by atoms with van der Waals surface area (Å²) >= 11 is 7.53. The Morgan fingerprint density at radius 3 is 2.18 bits per heavy atom. The number of rotatable bonds is 5. The van der Waals surface area contributed by atoms with Gasteiger partial charge < -0.3 is 0 Å². The number of nitrogens with zero attached hydrogens (tertiary/aromatic N) is 2. The number of hydrogen-bond acceptors (Lipinski definition) is 4. The molecule has 0 aliphatic carbocycles. The van der Waals surface area contributed by atoms with Crippen molar-refractivity contribution in [3.05, 3.63) is 84.0 Å². The molecule has 0 atom stereocenters. The lowest BCUT2D eigenvalue weighted by atomic mass is 10.1. The fourth-order valence-corrected chi connectivity index (χ4v) is 4.07. The van der Waals surface area contributed by atoms with E-state index in [0.717, 1.165) is 30.1 Å². The Labute approximate surface area is 170 Å². The molecule has 1 N–H and O–H groups in total. The highest BCUT2D eigenvalue weighted by Gasteiger charge is 2.14. The monoisotopic (exact) mass is 417 g/mol. The highest BCUT2D eigenvalue weighted by atomic mass is 35.5. The van der Waals surface area contributed by atoms with Crippen molar-refractivity contribution >= 4 is 23.4 Å². The fourth-order valence-electron chi connectivity index (χ4n) is 3.00. The van der Waals surface area contributed by atoms with Crippen molar-refractivity contribution in [1.82, 2.24) is 14.1 Å². The molecule has 0 radical (unpaired) electrons. The van der Waals surface area contributed by atoms with Gasteiger partial charge in [-0.05, 0) is 67.8 Å². The van der Waals surface area contributed by atoms with Crippen molar-refractivity contribution in [1.29, 1.82) is 0 Å². The van der Waals surface area contributed by atoms with Gasteiger partial charge in [-0.1, -0.05) is 30.3 Å². The Bertz CT molecular complexity index is 1170. The first-order valence-electron chi connectivity index (χ1n) is 8.83. The summed E-state index contributed by atoms with van der Waals surface area (Å²) in [5, 5.41) is 0.675. The molecule has 146 valence electrons. The van der Waals surface area contributed by atoms with E-state index < -0.39 is 17.1 Å². The molecule has 0 unspecified atom stereocenters. The molecule has 1 heterocycles. The Kier molecular flexibility index (Phi) is 5.96. The number of benzene rings is 2. The standard InChI is InChI=1S/C20H20ClN3O3S/c1-4-9-23-18(25)22-19(26)24(20(23)27)15-10-12(2)17(13(3)11-15)28-16-7-5-14(21)6-8-16/h5-8,10-11H,4,9H2,1-3H3,(H,22,25,26). The molecular formula is C20H20ClN3O3S. The SMILES string of the molecule is CCCn1c(=O)[nH]c(=O)n(-c2cc(C)c(Sc3ccc(Cl)cc3)c(C)c2)c1=O. The molecule has 0 spiro atoms. The van der Waals surface area contributed by atoms with Gasteiger partial charge in [0.2, 0.25) is 0 Å². The molecular weight excluding hydrogens is 398 g/mol. The second-order valence-electron chi connectivity index (χ2n) is 6.47. The van der Waals surface area contributed by atoms with Crippen LogP contribution >= 0.6 is 23.4 Å². The number of nitrogens with one attached hydrogen (secondary N) is 1. The second kappa shape index (κ2) is 8.24. The molecule has 0 aliphatic rings. The topological polar surface area (TPSA) is 76.9 Å². The predicted octanol–water partition coefficient (Wildman–Crippen LogP) is 3.52. The maximum absolute atomic E-state index is 12.7. The third-order valence-electron chi connectivity index (χ3n) is 4.27. The Morgan fingerprint density at radius 1 is 1.00 bits per heavy atom. The summed E-state index contributed by atoms with van der Waals surface area (Å²) in [6, 6.07) is 11.1. The van der Waals surface area contributed by atoms with E-state index in [-0.39, 0.29) is 6.54 Å². The Balaban J connectivity index is 2.10. The van der Waals surface area contributed by atoms with Crippen LogP contribution < -0.4 is 17.1 Å². The number of hydrogen-bond donors (Lipinski definition) is 1. The smallest absolute Gasteiger partial charge is 0.258 e. The zero-order valence-corrected chi connectivity index (χ0v) is 17.4. The van der Waals surface area contributed by atoms with Gasteiger partial charge in [0.15, 0.2) is 0 Å². The molecule has 0 saturated heterocycles. The average Bonchev–Trinajstić information content (AvgIpc) is 2.63. The summed E-state index contributed by atoms with van der Waals surface area (Å²) in [5.74, 6) is 0. The zero-order valence-electron chi connectivity index (χ0n) is 15.8. The lowest BCUT2D eigenvalue weighted by Crippen LogP contribution is -2.48. The first-order valence-corrected chi connectivity index (χ1v) is 10.0. The van der Waals surface area contributed by atoms with Gasteiger partial charge in [-0.3, -0.25) is 4.98 Å². The maximum Gasteiger partial charge on any atom is 0.340 e. The van der Waals surface area contributed by atoms with Crippen LogP contribution in [-0.2, 0) is 6.54 Å². The zero-order chi connectivity index (χ0) is 20.4. The van der Waals surface area contributed by atoms with E-state index in [4.69, 9.17) is 11.6 Å².